The molecule has 0 fully saturated rings. The van der Waals surface area contributed by atoms with Gasteiger partial charge in [-0.05, 0) is 35.9 Å². The molecule has 2 N–H and O–H groups in total. The van der Waals surface area contributed by atoms with Crippen molar-refractivity contribution in [3.8, 4) is 16.9 Å². The summed E-state index contributed by atoms with van der Waals surface area (Å²) in [6, 6.07) is 8.91. The summed E-state index contributed by atoms with van der Waals surface area (Å²) >= 11 is 0. The number of hydrogen-bond donors (Lipinski definition) is 1. The van der Waals surface area contributed by atoms with E-state index >= 15 is 0 Å². The predicted octanol–water partition coefficient (Wildman–Crippen LogP) is 3.97. The summed E-state index contributed by atoms with van der Waals surface area (Å²) in [4.78, 5) is 0. The molecular weight excluding hydrogens is 262 g/mol. The third-order valence-electron chi connectivity index (χ3n) is 2.39. The molecular formula is C13H9F4NO. The van der Waals surface area contributed by atoms with E-state index < -0.39 is 12.2 Å². The highest BCUT2D eigenvalue weighted by Crippen LogP contribution is 2.28. The Morgan fingerprint density at radius 1 is 0.947 bits per heavy atom. The van der Waals surface area contributed by atoms with Gasteiger partial charge >= 0.3 is 6.36 Å². The summed E-state index contributed by atoms with van der Waals surface area (Å²) in [7, 11) is 0. The Hall–Kier alpha value is -2.24. The molecule has 2 rings (SSSR count). The molecule has 0 aliphatic heterocycles. The topological polar surface area (TPSA) is 35.2 Å². The molecule has 0 unspecified atom stereocenters. The summed E-state index contributed by atoms with van der Waals surface area (Å²) in [5.74, 6) is -0.862. The van der Waals surface area contributed by atoms with E-state index in [9.17, 15) is 17.6 Å². The van der Waals surface area contributed by atoms with Gasteiger partial charge in [0.2, 0.25) is 0 Å². The summed E-state index contributed by atoms with van der Waals surface area (Å²) in [5.41, 5.74) is 6.54. The fourth-order valence-electron chi connectivity index (χ4n) is 1.60. The third kappa shape index (κ3) is 3.37. The van der Waals surface area contributed by atoms with Gasteiger partial charge in [-0.3, -0.25) is 0 Å². The largest absolute Gasteiger partial charge is 0.573 e. The number of alkyl halides is 3. The maximum Gasteiger partial charge on any atom is 0.573 e. The van der Waals surface area contributed by atoms with Gasteiger partial charge in [-0.1, -0.05) is 12.1 Å². The van der Waals surface area contributed by atoms with Crippen molar-refractivity contribution in [3.63, 3.8) is 0 Å². The number of benzene rings is 2. The molecule has 2 aromatic rings. The number of nitrogens with two attached hydrogens (primary N) is 1. The molecule has 0 atom stereocenters. The van der Waals surface area contributed by atoms with Crippen molar-refractivity contribution in [1.29, 1.82) is 0 Å². The first-order valence-electron chi connectivity index (χ1n) is 5.26. The van der Waals surface area contributed by atoms with E-state index in [2.05, 4.69) is 4.74 Å². The first-order valence-corrected chi connectivity index (χ1v) is 5.26. The van der Waals surface area contributed by atoms with E-state index in [-0.39, 0.29) is 11.3 Å². The van der Waals surface area contributed by atoms with Gasteiger partial charge < -0.3 is 10.5 Å². The lowest BCUT2D eigenvalue weighted by Crippen LogP contribution is -2.16. The molecule has 6 heteroatoms. The minimum absolute atomic E-state index is 0.221. The lowest BCUT2D eigenvalue weighted by Gasteiger charge is -2.10. The van der Waals surface area contributed by atoms with E-state index in [4.69, 9.17) is 5.73 Å². The Morgan fingerprint density at radius 3 is 2.16 bits per heavy atom. The summed E-state index contributed by atoms with van der Waals surface area (Å²) in [5, 5.41) is 0. The average molecular weight is 271 g/mol. The molecule has 100 valence electrons. The van der Waals surface area contributed by atoms with Gasteiger partial charge in [0.1, 0.15) is 11.6 Å². The Kier molecular flexibility index (Phi) is 3.33. The quantitative estimate of drug-likeness (QED) is 0.662. The Morgan fingerprint density at radius 2 is 1.58 bits per heavy atom. The van der Waals surface area contributed by atoms with Crippen LogP contribution in [0.15, 0.2) is 42.5 Å². The zero-order valence-corrected chi connectivity index (χ0v) is 9.54. The number of hydrogen-bond acceptors (Lipinski definition) is 2. The minimum atomic E-state index is -4.75. The predicted molar refractivity (Wildman–Crippen MR) is 62.9 cm³/mol. The van der Waals surface area contributed by atoms with E-state index in [0.29, 0.717) is 11.3 Å². The standard InChI is InChI=1S/C13H9F4NO/c14-12-6-3-9(18)7-11(12)8-1-4-10(5-2-8)19-13(15,16)17/h1-7H,18H2. The lowest BCUT2D eigenvalue weighted by molar-refractivity contribution is -0.274. The van der Waals surface area contributed by atoms with Crippen molar-refractivity contribution < 1.29 is 22.3 Å². The molecule has 0 spiro atoms. The SMILES string of the molecule is Nc1ccc(F)c(-c2ccc(OC(F)(F)F)cc2)c1. The number of nitrogen functional groups attached to an aromatic ring is 1. The van der Waals surface area contributed by atoms with E-state index in [1.807, 2.05) is 0 Å². The van der Waals surface area contributed by atoms with Gasteiger partial charge in [-0.15, -0.1) is 13.2 Å². The van der Waals surface area contributed by atoms with Crippen LogP contribution in [0.5, 0.6) is 5.75 Å². The molecule has 0 saturated carbocycles. The van der Waals surface area contributed by atoms with Crippen molar-refractivity contribution in [3.05, 3.63) is 48.3 Å². The molecule has 0 amide bonds. The van der Waals surface area contributed by atoms with Crippen LogP contribution in [0.4, 0.5) is 23.2 Å². The third-order valence-corrected chi connectivity index (χ3v) is 2.39. The molecule has 2 nitrogen and oxygen atoms in total. The molecule has 0 heterocycles. The van der Waals surface area contributed by atoms with E-state index in [0.717, 1.165) is 12.1 Å². The van der Waals surface area contributed by atoms with Crippen LogP contribution in [0.2, 0.25) is 0 Å². The molecule has 0 radical (unpaired) electrons. The molecule has 0 aliphatic carbocycles. The molecule has 0 saturated heterocycles. The normalized spacial score (nSPS) is 11.4. The van der Waals surface area contributed by atoms with E-state index in [1.54, 1.807) is 0 Å². The average Bonchev–Trinajstić information content (AvgIpc) is 2.31. The second-order valence-corrected chi connectivity index (χ2v) is 3.81. The summed E-state index contributed by atoms with van der Waals surface area (Å²) in [6.07, 6.45) is -4.75. The van der Waals surface area contributed by atoms with Crippen molar-refractivity contribution in [2.24, 2.45) is 0 Å². The Labute approximate surface area is 106 Å². The molecule has 19 heavy (non-hydrogen) atoms. The van der Waals surface area contributed by atoms with Crippen LogP contribution in [-0.2, 0) is 0 Å². The van der Waals surface area contributed by atoms with Crippen molar-refractivity contribution in [2.75, 3.05) is 5.73 Å². The summed E-state index contributed by atoms with van der Waals surface area (Å²) < 4.78 is 53.2. The van der Waals surface area contributed by atoms with Crippen molar-refractivity contribution >= 4 is 5.69 Å². The fourth-order valence-corrected chi connectivity index (χ4v) is 1.60. The zero-order valence-electron chi connectivity index (χ0n) is 9.54. The number of ether oxygens (including phenoxy) is 1. The maximum atomic E-state index is 13.6. The van der Waals surface area contributed by atoms with Crippen LogP contribution in [0.25, 0.3) is 11.1 Å². The van der Waals surface area contributed by atoms with Gasteiger partial charge in [0.05, 0.1) is 0 Å². The first kappa shape index (κ1) is 13.2. The molecule has 0 aromatic heterocycles. The highest BCUT2D eigenvalue weighted by molar-refractivity contribution is 5.68. The Balaban J connectivity index is 2.30. The second kappa shape index (κ2) is 4.79. The van der Waals surface area contributed by atoms with Crippen LogP contribution >= 0.6 is 0 Å². The lowest BCUT2D eigenvalue weighted by atomic mass is 10.0. The smallest absolute Gasteiger partial charge is 0.406 e. The van der Waals surface area contributed by atoms with Crippen molar-refractivity contribution in [2.45, 2.75) is 6.36 Å². The van der Waals surface area contributed by atoms with Crippen LogP contribution in [0, 0.1) is 5.82 Å². The highest BCUT2D eigenvalue weighted by atomic mass is 19.4. The minimum Gasteiger partial charge on any atom is -0.406 e. The van der Waals surface area contributed by atoms with Crippen LogP contribution in [0.1, 0.15) is 0 Å². The second-order valence-electron chi connectivity index (χ2n) is 3.81. The number of halogens is 4. The van der Waals surface area contributed by atoms with E-state index in [1.165, 1.54) is 30.3 Å². The molecule has 2 aromatic carbocycles. The van der Waals surface area contributed by atoms with Crippen LogP contribution in [-0.4, -0.2) is 6.36 Å². The Bertz CT molecular complexity index is 578. The van der Waals surface area contributed by atoms with Gasteiger partial charge in [0.25, 0.3) is 0 Å². The van der Waals surface area contributed by atoms with Crippen LogP contribution in [0.3, 0.4) is 0 Å². The van der Waals surface area contributed by atoms with Crippen LogP contribution < -0.4 is 10.5 Å². The molecule has 0 bridgehead atoms. The van der Waals surface area contributed by atoms with Gasteiger partial charge in [0, 0.05) is 11.3 Å². The fraction of sp³-hybridized carbons (Fsp3) is 0.0769. The highest BCUT2D eigenvalue weighted by Gasteiger charge is 2.30. The van der Waals surface area contributed by atoms with Gasteiger partial charge in [-0.25, -0.2) is 4.39 Å². The maximum absolute atomic E-state index is 13.6. The number of rotatable bonds is 2. The van der Waals surface area contributed by atoms with Crippen molar-refractivity contribution in [1.82, 2.24) is 0 Å². The zero-order chi connectivity index (χ0) is 14.0. The van der Waals surface area contributed by atoms with Gasteiger partial charge in [-0.2, -0.15) is 0 Å². The number of anilines is 1. The first-order chi connectivity index (χ1) is 8.85. The summed E-state index contributed by atoms with van der Waals surface area (Å²) in [6.45, 7) is 0. The molecule has 0 aliphatic rings. The van der Waals surface area contributed by atoms with Gasteiger partial charge in [0.15, 0.2) is 0 Å². The monoisotopic (exact) mass is 271 g/mol.